The first-order chi connectivity index (χ1) is 6.18. The fourth-order valence-electron chi connectivity index (χ4n) is 0.828. The molecule has 1 heterocycles. The third-order valence-corrected chi connectivity index (χ3v) is 1.63. The Morgan fingerprint density at radius 3 is 2.46 bits per heavy atom. The molecule has 1 rings (SSSR count). The molecule has 0 fully saturated rings. The van der Waals surface area contributed by atoms with E-state index in [1.807, 2.05) is 6.92 Å². The Hall–Kier alpha value is -1.16. The first-order valence-electron chi connectivity index (χ1n) is 4.39. The van der Waals surface area contributed by atoms with Crippen molar-refractivity contribution in [2.45, 2.75) is 6.92 Å². The molecule has 1 aromatic heterocycles. The van der Waals surface area contributed by atoms with Crippen molar-refractivity contribution in [3.05, 3.63) is 18.2 Å². The highest BCUT2D eigenvalue weighted by Gasteiger charge is 1.96. The van der Waals surface area contributed by atoms with Gasteiger partial charge < -0.3 is 9.64 Å². The summed E-state index contributed by atoms with van der Waals surface area (Å²) in [4.78, 5) is 9.44. The van der Waals surface area contributed by atoms with E-state index in [2.05, 4.69) is 24.1 Å². The topological polar surface area (TPSA) is 39.5 Å². The van der Waals surface area contributed by atoms with E-state index in [0.29, 0.717) is 6.61 Å². The second-order valence-corrected chi connectivity index (χ2v) is 3.27. The summed E-state index contributed by atoms with van der Waals surface area (Å²) in [6.07, 6.45) is 3.40. The Morgan fingerprint density at radius 2 is 1.92 bits per heavy atom. The van der Waals surface area contributed by atoms with Gasteiger partial charge in [-0.1, -0.05) is 0 Å². The molecule has 0 aromatic carbocycles. The summed E-state index contributed by atoms with van der Waals surface area (Å²) in [5.41, 5.74) is 0. The number of hydrogen-bond donors (Lipinski definition) is 1. The minimum atomic E-state index is 0.703. The van der Waals surface area contributed by atoms with Gasteiger partial charge in [0, 0.05) is 0 Å². The monoisotopic (exact) mass is 182 g/mol. The van der Waals surface area contributed by atoms with E-state index >= 15 is 0 Å². The molecule has 0 unspecified atom stereocenters. The lowest BCUT2D eigenvalue weighted by molar-refractivity contribution is -0.858. The predicted molar refractivity (Wildman–Crippen MR) is 49.9 cm³/mol. The summed E-state index contributed by atoms with van der Waals surface area (Å²) in [6, 6.07) is 0. The Labute approximate surface area is 78.6 Å². The summed E-state index contributed by atoms with van der Waals surface area (Å²) in [7, 11) is 4.18. The van der Waals surface area contributed by atoms with Crippen molar-refractivity contribution in [2.75, 3.05) is 27.2 Å². The Morgan fingerprint density at radius 1 is 1.31 bits per heavy atom. The number of aromatic nitrogens is 2. The smallest absolute Gasteiger partial charge is 0.156 e. The maximum Gasteiger partial charge on any atom is 0.156 e. The zero-order valence-corrected chi connectivity index (χ0v) is 8.37. The summed E-state index contributed by atoms with van der Waals surface area (Å²) in [5, 5.41) is 0. The van der Waals surface area contributed by atoms with Crippen LogP contribution in [0.4, 0.5) is 0 Å². The molecule has 0 atom stereocenters. The van der Waals surface area contributed by atoms with Crippen LogP contribution in [0, 0.1) is 6.92 Å². The molecule has 0 amide bonds. The first kappa shape index (κ1) is 9.92. The van der Waals surface area contributed by atoms with Gasteiger partial charge in [-0.05, 0) is 6.92 Å². The number of hydrogen-bond acceptors (Lipinski definition) is 3. The van der Waals surface area contributed by atoms with E-state index in [1.54, 1.807) is 12.4 Å². The molecule has 0 bridgehead atoms. The number of nitrogens with one attached hydrogen (secondary N) is 1. The highest BCUT2D eigenvalue weighted by molar-refractivity contribution is 5.11. The molecule has 0 spiro atoms. The normalized spacial score (nSPS) is 10.5. The molecule has 4 nitrogen and oxygen atoms in total. The van der Waals surface area contributed by atoms with E-state index in [0.717, 1.165) is 18.1 Å². The van der Waals surface area contributed by atoms with Crippen LogP contribution in [0.15, 0.2) is 12.4 Å². The molecule has 72 valence electrons. The molecular weight excluding hydrogens is 166 g/mol. The van der Waals surface area contributed by atoms with Gasteiger partial charge in [0.05, 0.1) is 26.5 Å². The fraction of sp³-hybridized carbons (Fsp3) is 0.556. The predicted octanol–water partition coefficient (Wildman–Crippen LogP) is -0.692. The van der Waals surface area contributed by atoms with Gasteiger partial charge in [-0.15, -0.1) is 0 Å². The lowest BCUT2D eigenvalue weighted by atomic mass is 10.5. The number of rotatable bonds is 4. The zero-order chi connectivity index (χ0) is 9.68. The van der Waals surface area contributed by atoms with Crippen LogP contribution in [0.3, 0.4) is 0 Å². The minimum Gasteiger partial charge on any atom is -0.484 e. The van der Waals surface area contributed by atoms with Crippen molar-refractivity contribution in [3.63, 3.8) is 0 Å². The molecule has 1 aromatic rings. The number of likely N-dealkylation sites (N-methyl/N-ethyl adjacent to an activating group) is 1. The van der Waals surface area contributed by atoms with Crippen molar-refractivity contribution >= 4 is 0 Å². The van der Waals surface area contributed by atoms with E-state index in [4.69, 9.17) is 4.74 Å². The van der Waals surface area contributed by atoms with Gasteiger partial charge in [0.1, 0.15) is 19.0 Å². The molecule has 0 saturated carbocycles. The summed E-state index contributed by atoms with van der Waals surface area (Å²) < 4.78 is 5.43. The zero-order valence-electron chi connectivity index (χ0n) is 8.37. The lowest BCUT2D eigenvalue weighted by Gasteiger charge is -2.08. The number of aryl methyl sites for hydroxylation is 1. The van der Waals surface area contributed by atoms with Crippen LogP contribution in [0.2, 0.25) is 0 Å². The average Bonchev–Trinajstić information content (AvgIpc) is 2.08. The molecule has 0 aliphatic heterocycles. The molecule has 0 aliphatic carbocycles. The van der Waals surface area contributed by atoms with E-state index < -0.39 is 0 Å². The third kappa shape index (κ3) is 3.85. The molecular formula is C9H16N3O+. The Balaban J connectivity index is 2.33. The Bertz CT molecular complexity index is 246. The average molecular weight is 182 g/mol. The lowest BCUT2D eigenvalue weighted by Crippen LogP contribution is -3.06. The SMILES string of the molecule is Cc1ncc(OCC[NH+](C)C)cn1. The van der Waals surface area contributed by atoms with Gasteiger partial charge >= 0.3 is 0 Å². The van der Waals surface area contributed by atoms with E-state index in [-0.39, 0.29) is 0 Å². The quantitative estimate of drug-likeness (QED) is 0.670. The van der Waals surface area contributed by atoms with Crippen LogP contribution in [0.1, 0.15) is 5.82 Å². The van der Waals surface area contributed by atoms with Gasteiger partial charge in [-0.3, -0.25) is 0 Å². The van der Waals surface area contributed by atoms with E-state index in [1.165, 1.54) is 4.90 Å². The molecule has 0 saturated heterocycles. The number of quaternary nitrogens is 1. The second-order valence-electron chi connectivity index (χ2n) is 3.27. The highest BCUT2D eigenvalue weighted by atomic mass is 16.5. The van der Waals surface area contributed by atoms with Crippen molar-refractivity contribution < 1.29 is 9.64 Å². The number of nitrogens with zero attached hydrogens (tertiary/aromatic N) is 2. The second kappa shape index (κ2) is 4.77. The standard InChI is InChI=1S/C9H15N3O/c1-8-10-6-9(7-11-8)13-5-4-12(2)3/h6-7H,4-5H2,1-3H3/p+1. The van der Waals surface area contributed by atoms with E-state index in [9.17, 15) is 0 Å². The van der Waals surface area contributed by atoms with Gasteiger partial charge in [-0.25, -0.2) is 9.97 Å². The summed E-state index contributed by atoms with van der Waals surface area (Å²) >= 11 is 0. The van der Waals surface area contributed by atoms with Crippen molar-refractivity contribution in [1.82, 2.24) is 9.97 Å². The molecule has 4 heteroatoms. The molecule has 0 aliphatic rings. The minimum absolute atomic E-state index is 0.703. The first-order valence-corrected chi connectivity index (χ1v) is 4.39. The Kier molecular flexibility index (Phi) is 3.64. The van der Waals surface area contributed by atoms with Crippen molar-refractivity contribution in [1.29, 1.82) is 0 Å². The largest absolute Gasteiger partial charge is 0.484 e. The molecule has 13 heavy (non-hydrogen) atoms. The fourth-order valence-corrected chi connectivity index (χ4v) is 0.828. The maximum atomic E-state index is 5.43. The van der Waals surface area contributed by atoms with Crippen LogP contribution in [0.25, 0.3) is 0 Å². The van der Waals surface area contributed by atoms with Crippen LogP contribution in [-0.2, 0) is 0 Å². The van der Waals surface area contributed by atoms with Crippen LogP contribution in [-0.4, -0.2) is 37.2 Å². The van der Waals surface area contributed by atoms with Gasteiger partial charge in [0.15, 0.2) is 5.75 Å². The van der Waals surface area contributed by atoms with Crippen LogP contribution in [0.5, 0.6) is 5.75 Å². The van der Waals surface area contributed by atoms with Gasteiger partial charge in [-0.2, -0.15) is 0 Å². The van der Waals surface area contributed by atoms with Crippen molar-refractivity contribution in [2.24, 2.45) is 0 Å². The maximum absolute atomic E-state index is 5.43. The third-order valence-electron chi connectivity index (χ3n) is 1.63. The van der Waals surface area contributed by atoms with Crippen LogP contribution >= 0.6 is 0 Å². The summed E-state index contributed by atoms with van der Waals surface area (Å²) in [6.45, 7) is 3.54. The van der Waals surface area contributed by atoms with Crippen LogP contribution < -0.4 is 9.64 Å². The van der Waals surface area contributed by atoms with Crippen molar-refractivity contribution in [3.8, 4) is 5.75 Å². The highest BCUT2D eigenvalue weighted by Crippen LogP contribution is 2.04. The van der Waals surface area contributed by atoms with Gasteiger partial charge in [0.2, 0.25) is 0 Å². The van der Waals surface area contributed by atoms with Gasteiger partial charge in [0.25, 0.3) is 0 Å². The summed E-state index contributed by atoms with van der Waals surface area (Å²) in [5.74, 6) is 1.51. The molecule has 1 N–H and O–H groups in total. The number of ether oxygens (including phenoxy) is 1. The molecule has 0 radical (unpaired) electrons.